The third kappa shape index (κ3) is 5.81. The number of rotatable bonds is 7. The molecular formula is C25H24N4OS2. The van der Waals surface area contributed by atoms with Gasteiger partial charge in [-0.1, -0.05) is 66.4 Å². The van der Waals surface area contributed by atoms with Crippen LogP contribution in [0.1, 0.15) is 28.8 Å². The summed E-state index contributed by atoms with van der Waals surface area (Å²) < 4.78 is 0. The molecule has 0 fully saturated rings. The molecule has 1 atom stereocenters. The zero-order chi connectivity index (χ0) is 22.5. The van der Waals surface area contributed by atoms with Gasteiger partial charge in [0, 0.05) is 28.9 Å². The molecular weight excluding hydrogens is 436 g/mol. The Morgan fingerprint density at radius 2 is 1.66 bits per heavy atom. The summed E-state index contributed by atoms with van der Waals surface area (Å²) in [6.07, 6.45) is 2.61. The van der Waals surface area contributed by atoms with E-state index in [1.807, 2.05) is 51.2 Å². The molecule has 1 amide bonds. The number of nitrogens with one attached hydrogen (secondary N) is 1. The van der Waals surface area contributed by atoms with Gasteiger partial charge in [0.05, 0.1) is 5.25 Å². The first-order chi connectivity index (χ1) is 15.5. The van der Waals surface area contributed by atoms with E-state index < -0.39 is 0 Å². The molecule has 1 N–H and O–H groups in total. The van der Waals surface area contributed by atoms with Crippen LogP contribution in [0.4, 0.5) is 5.13 Å². The van der Waals surface area contributed by atoms with Crippen LogP contribution in [0.15, 0.2) is 72.0 Å². The first-order valence-corrected chi connectivity index (χ1v) is 12.0. The summed E-state index contributed by atoms with van der Waals surface area (Å²) in [5.74, 6) is -0.106. The van der Waals surface area contributed by atoms with Crippen LogP contribution < -0.4 is 5.32 Å². The minimum atomic E-state index is -0.325. The number of thioether (sulfide) groups is 1. The number of carbonyl (C=O) groups excluding carboxylic acids is 1. The van der Waals surface area contributed by atoms with Crippen molar-refractivity contribution in [3.63, 3.8) is 0 Å². The maximum Gasteiger partial charge on any atom is 0.239 e. The molecule has 7 heteroatoms. The van der Waals surface area contributed by atoms with Crippen molar-refractivity contribution in [1.29, 1.82) is 0 Å². The normalized spacial score (nSPS) is 11.8. The first kappa shape index (κ1) is 22.2. The average molecular weight is 461 g/mol. The van der Waals surface area contributed by atoms with E-state index in [-0.39, 0.29) is 11.2 Å². The highest BCUT2D eigenvalue weighted by atomic mass is 32.2. The number of aryl methyl sites for hydroxylation is 2. The average Bonchev–Trinajstić information content (AvgIpc) is 3.20. The molecule has 1 unspecified atom stereocenters. The van der Waals surface area contributed by atoms with Crippen molar-refractivity contribution in [3.8, 4) is 11.1 Å². The second-order valence-electron chi connectivity index (χ2n) is 7.55. The SMILES string of the molecule is Cc1cc(C)nc(SC(C)C(=O)Nc2ncc(Cc3ccc(-c4ccccc4)cc3)s2)n1. The van der Waals surface area contributed by atoms with Crippen LogP contribution in [0, 0.1) is 13.8 Å². The van der Waals surface area contributed by atoms with Gasteiger partial charge in [-0.2, -0.15) is 0 Å². The zero-order valence-electron chi connectivity index (χ0n) is 18.2. The van der Waals surface area contributed by atoms with Crippen molar-refractivity contribution in [2.45, 2.75) is 37.6 Å². The van der Waals surface area contributed by atoms with E-state index >= 15 is 0 Å². The topological polar surface area (TPSA) is 67.8 Å². The Hall–Kier alpha value is -3.03. The number of hydrogen-bond donors (Lipinski definition) is 1. The maximum absolute atomic E-state index is 12.6. The first-order valence-electron chi connectivity index (χ1n) is 10.3. The third-order valence-corrected chi connectivity index (χ3v) is 6.71. The molecule has 2 aromatic heterocycles. The highest BCUT2D eigenvalue weighted by molar-refractivity contribution is 8.00. The molecule has 2 heterocycles. The summed E-state index contributed by atoms with van der Waals surface area (Å²) in [6.45, 7) is 5.70. The van der Waals surface area contributed by atoms with Crippen molar-refractivity contribution in [2.24, 2.45) is 0 Å². The minimum Gasteiger partial charge on any atom is -0.301 e. The van der Waals surface area contributed by atoms with Gasteiger partial charge >= 0.3 is 0 Å². The van der Waals surface area contributed by atoms with Crippen LogP contribution in [-0.2, 0) is 11.2 Å². The lowest BCUT2D eigenvalue weighted by atomic mass is 10.0. The number of nitrogens with zero attached hydrogens (tertiary/aromatic N) is 3. The number of amides is 1. The second-order valence-corrected chi connectivity index (χ2v) is 9.98. The van der Waals surface area contributed by atoms with E-state index in [4.69, 9.17) is 0 Å². The molecule has 0 saturated carbocycles. The fraction of sp³-hybridized carbons (Fsp3) is 0.200. The smallest absolute Gasteiger partial charge is 0.239 e. The Morgan fingerprint density at radius 1 is 1.00 bits per heavy atom. The van der Waals surface area contributed by atoms with Crippen molar-refractivity contribution in [1.82, 2.24) is 15.0 Å². The van der Waals surface area contributed by atoms with Crippen molar-refractivity contribution in [2.75, 3.05) is 5.32 Å². The fourth-order valence-corrected chi connectivity index (χ4v) is 4.98. The molecule has 4 rings (SSSR count). The van der Waals surface area contributed by atoms with Crippen molar-refractivity contribution >= 4 is 34.1 Å². The molecule has 162 valence electrons. The van der Waals surface area contributed by atoms with E-state index in [0.29, 0.717) is 10.3 Å². The van der Waals surface area contributed by atoms with E-state index in [1.165, 1.54) is 39.8 Å². The Kier molecular flexibility index (Phi) is 6.97. The number of aromatic nitrogens is 3. The zero-order valence-corrected chi connectivity index (χ0v) is 19.8. The molecule has 0 radical (unpaired) electrons. The van der Waals surface area contributed by atoms with E-state index in [2.05, 4.69) is 56.7 Å². The summed E-state index contributed by atoms with van der Waals surface area (Å²) in [6, 6.07) is 20.8. The van der Waals surface area contributed by atoms with E-state index in [1.54, 1.807) is 0 Å². The van der Waals surface area contributed by atoms with Crippen LogP contribution in [0.25, 0.3) is 11.1 Å². The van der Waals surface area contributed by atoms with Crippen LogP contribution in [0.3, 0.4) is 0 Å². The maximum atomic E-state index is 12.6. The Labute approximate surface area is 196 Å². The lowest BCUT2D eigenvalue weighted by Crippen LogP contribution is -2.22. The van der Waals surface area contributed by atoms with Gasteiger partial charge in [0.25, 0.3) is 0 Å². The molecule has 32 heavy (non-hydrogen) atoms. The number of hydrogen-bond acceptors (Lipinski definition) is 6. The van der Waals surface area contributed by atoms with Gasteiger partial charge < -0.3 is 5.32 Å². The Bertz CT molecular complexity index is 1190. The van der Waals surface area contributed by atoms with Crippen LogP contribution in [0.2, 0.25) is 0 Å². The molecule has 0 saturated heterocycles. The quantitative estimate of drug-likeness (QED) is 0.274. The molecule has 2 aromatic carbocycles. The molecule has 4 aromatic rings. The largest absolute Gasteiger partial charge is 0.301 e. The Morgan fingerprint density at radius 3 is 2.34 bits per heavy atom. The summed E-state index contributed by atoms with van der Waals surface area (Å²) >= 11 is 2.85. The summed E-state index contributed by atoms with van der Waals surface area (Å²) in [7, 11) is 0. The number of thiazole rings is 1. The van der Waals surface area contributed by atoms with Gasteiger partial charge in [-0.3, -0.25) is 4.79 Å². The van der Waals surface area contributed by atoms with Crippen LogP contribution in [-0.4, -0.2) is 26.1 Å². The van der Waals surface area contributed by atoms with Crippen molar-refractivity contribution < 1.29 is 4.79 Å². The molecule has 0 spiro atoms. The fourth-order valence-electron chi connectivity index (χ4n) is 3.26. The predicted molar refractivity (Wildman–Crippen MR) is 132 cm³/mol. The van der Waals surface area contributed by atoms with Crippen LogP contribution in [0.5, 0.6) is 0 Å². The van der Waals surface area contributed by atoms with Gasteiger partial charge in [0.2, 0.25) is 5.91 Å². The molecule has 5 nitrogen and oxygen atoms in total. The van der Waals surface area contributed by atoms with Crippen LogP contribution >= 0.6 is 23.1 Å². The molecule has 0 aliphatic carbocycles. The lowest BCUT2D eigenvalue weighted by molar-refractivity contribution is -0.115. The Balaban J connectivity index is 1.34. The highest BCUT2D eigenvalue weighted by Crippen LogP contribution is 2.26. The second kappa shape index (κ2) is 10.1. The summed E-state index contributed by atoms with van der Waals surface area (Å²) in [5.41, 5.74) is 5.41. The van der Waals surface area contributed by atoms with Gasteiger partial charge in [-0.05, 0) is 43.5 Å². The summed E-state index contributed by atoms with van der Waals surface area (Å²) in [4.78, 5) is 26.9. The van der Waals surface area contributed by atoms with E-state index in [0.717, 1.165) is 22.7 Å². The van der Waals surface area contributed by atoms with Gasteiger partial charge in [-0.15, -0.1) is 11.3 Å². The monoisotopic (exact) mass is 460 g/mol. The highest BCUT2D eigenvalue weighted by Gasteiger charge is 2.18. The minimum absolute atomic E-state index is 0.106. The molecule has 0 bridgehead atoms. The number of benzene rings is 2. The number of carbonyl (C=O) groups is 1. The van der Waals surface area contributed by atoms with Gasteiger partial charge in [0.15, 0.2) is 10.3 Å². The van der Waals surface area contributed by atoms with Gasteiger partial charge in [-0.25, -0.2) is 15.0 Å². The summed E-state index contributed by atoms with van der Waals surface area (Å²) in [5, 5.41) is 3.82. The van der Waals surface area contributed by atoms with Crippen molar-refractivity contribution in [3.05, 3.63) is 88.7 Å². The van der Waals surface area contributed by atoms with Gasteiger partial charge in [0.1, 0.15) is 0 Å². The molecule has 0 aliphatic heterocycles. The third-order valence-electron chi connectivity index (χ3n) is 4.84. The predicted octanol–water partition coefficient (Wildman–Crippen LogP) is 5.93. The number of anilines is 1. The standard InChI is InChI=1S/C25H24N4OS2/c1-16-13-17(2)28-25(27-16)31-18(3)23(30)29-24-26-15-22(32-24)14-19-9-11-21(12-10-19)20-7-5-4-6-8-20/h4-13,15,18H,14H2,1-3H3,(H,26,29,30). The lowest BCUT2D eigenvalue weighted by Gasteiger charge is -2.10. The van der Waals surface area contributed by atoms with E-state index in [9.17, 15) is 4.79 Å². The molecule has 0 aliphatic rings.